The van der Waals surface area contributed by atoms with Gasteiger partial charge < -0.3 is 26.5 Å². The second kappa shape index (κ2) is 11.1. The summed E-state index contributed by atoms with van der Waals surface area (Å²) in [7, 11) is 0. The third-order valence-corrected chi connectivity index (χ3v) is 5.02. The molecule has 9 nitrogen and oxygen atoms in total. The summed E-state index contributed by atoms with van der Waals surface area (Å²) in [6.45, 7) is 3.61. The molecule has 1 heterocycles. The minimum absolute atomic E-state index is 0.210. The van der Waals surface area contributed by atoms with Crippen molar-refractivity contribution in [2.75, 3.05) is 0 Å². The van der Waals surface area contributed by atoms with E-state index < -0.39 is 35.9 Å². The number of nitrogens with one attached hydrogen (secondary N) is 3. The molecule has 0 radical (unpaired) electrons. The van der Waals surface area contributed by atoms with Crippen molar-refractivity contribution in [2.24, 2.45) is 11.7 Å². The Balaban J connectivity index is 2.13. The summed E-state index contributed by atoms with van der Waals surface area (Å²) in [4.78, 5) is 43.9. The number of carbonyl (C=O) groups is 3. The van der Waals surface area contributed by atoms with Gasteiger partial charge in [0.15, 0.2) is 0 Å². The number of carbonyl (C=O) groups excluding carboxylic acids is 2. The van der Waals surface area contributed by atoms with Crippen LogP contribution in [-0.2, 0) is 27.2 Å². The predicted octanol–water partition coefficient (Wildman–Crippen LogP) is 0.623. The van der Waals surface area contributed by atoms with Crippen molar-refractivity contribution in [3.63, 3.8) is 0 Å². The highest BCUT2D eigenvalue weighted by Crippen LogP contribution is 2.10. The first-order valence-corrected chi connectivity index (χ1v) is 9.92. The maximum atomic E-state index is 12.9. The number of aliphatic carboxylic acids is 1. The lowest BCUT2D eigenvalue weighted by Gasteiger charge is -2.25. The van der Waals surface area contributed by atoms with Gasteiger partial charge in [-0.05, 0) is 11.5 Å². The molecule has 0 saturated carbocycles. The number of carboxylic acids is 1. The van der Waals surface area contributed by atoms with E-state index in [4.69, 9.17) is 5.73 Å². The molecule has 30 heavy (non-hydrogen) atoms. The van der Waals surface area contributed by atoms with Crippen LogP contribution in [0.3, 0.4) is 0 Å². The number of H-pyrrole nitrogens is 1. The van der Waals surface area contributed by atoms with Crippen molar-refractivity contribution in [1.29, 1.82) is 0 Å². The van der Waals surface area contributed by atoms with Crippen molar-refractivity contribution in [3.05, 3.63) is 54.1 Å². The van der Waals surface area contributed by atoms with E-state index in [-0.39, 0.29) is 18.8 Å². The number of amides is 2. The molecule has 2 aromatic rings. The molecule has 0 aliphatic carbocycles. The van der Waals surface area contributed by atoms with E-state index in [0.29, 0.717) is 12.1 Å². The van der Waals surface area contributed by atoms with Crippen LogP contribution in [0.1, 0.15) is 31.5 Å². The van der Waals surface area contributed by atoms with E-state index in [0.717, 1.165) is 5.56 Å². The van der Waals surface area contributed by atoms with Crippen LogP contribution in [0.4, 0.5) is 0 Å². The fourth-order valence-corrected chi connectivity index (χ4v) is 3.00. The van der Waals surface area contributed by atoms with Crippen molar-refractivity contribution >= 4 is 17.8 Å². The van der Waals surface area contributed by atoms with Crippen molar-refractivity contribution < 1.29 is 19.5 Å². The van der Waals surface area contributed by atoms with E-state index in [1.54, 1.807) is 13.1 Å². The van der Waals surface area contributed by atoms with E-state index >= 15 is 0 Å². The van der Waals surface area contributed by atoms with E-state index in [1.165, 1.54) is 6.33 Å². The van der Waals surface area contributed by atoms with Gasteiger partial charge in [-0.15, -0.1) is 0 Å². The lowest BCUT2D eigenvalue weighted by atomic mass is 9.98. The Labute approximate surface area is 175 Å². The summed E-state index contributed by atoms with van der Waals surface area (Å²) in [6, 6.07) is 6.28. The van der Waals surface area contributed by atoms with Crippen LogP contribution >= 0.6 is 0 Å². The number of nitrogens with zero attached hydrogens (tertiary/aromatic N) is 1. The Kier molecular flexibility index (Phi) is 8.54. The molecule has 0 unspecified atom stereocenters. The van der Waals surface area contributed by atoms with Crippen LogP contribution in [-0.4, -0.2) is 51.0 Å². The number of aromatic nitrogens is 2. The van der Waals surface area contributed by atoms with Gasteiger partial charge in [0.1, 0.15) is 12.1 Å². The molecule has 0 fully saturated rings. The highest BCUT2D eigenvalue weighted by atomic mass is 16.4. The highest BCUT2D eigenvalue weighted by Gasteiger charge is 2.30. The molecule has 2 amide bonds. The van der Waals surface area contributed by atoms with Gasteiger partial charge in [-0.1, -0.05) is 50.6 Å². The number of aromatic amines is 1. The standard InChI is InChI=1S/C21H29N5O4/c1-3-13(2)18(21(29)30)26-20(28)17(9-14-7-5-4-6-8-14)25-19(27)16(22)10-15-11-23-12-24-15/h4-8,11-13,16-18H,3,9-10,22H2,1-2H3,(H,23,24)(H,25,27)(H,26,28)(H,29,30)/t13-,16-,17-,18-/m0/s1. The first-order valence-electron chi connectivity index (χ1n) is 9.92. The normalized spacial score (nSPS) is 14.9. The average molecular weight is 415 g/mol. The predicted molar refractivity (Wildman–Crippen MR) is 111 cm³/mol. The van der Waals surface area contributed by atoms with Crippen LogP contribution in [0.15, 0.2) is 42.9 Å². The second-order valence-corrected chi connectivity index (χ2v) is 7.35. The number of hydrogen-bond acceptors (Lipinski definition) is 5. The minimum atomic E-state index is -1.11. The molecule has 0 aliphatic heterocycles. The van der Waals surface area contributed by atoms with Gasteiger partial charge >= 0.3 is 5.97 Å². The zero-order valence-corrected chi connectivity index (χ0v) is 17.2. The lowest BCUT2D eigenvalue weighted by Crippen LogP contribution is -2.56. The Morgan fingerprint density at radius 3 is 2.40 bits per heavy atom. The van der Waals surface area contributed by atoms with Crippen LogP contribution in [0, 0.1) is 5.92 Å². The lowest BCUT2D eigenvalue weighted by molar-refractivity contribution is -0.143. The molecule has 4 atom stereocenters. The third kappa shape index (κ3) is 6.70. The van der Waals surface area contributed by atoms with Gasteiger partial charge in [-0.2, -0.15) is 0 Å². The summed E-state index contributed by atoms with van der Waals surface area (Å²) in [5.74, 6) is -2.44. The number of imidazole rings is 1. The Bertz CT molecular complexity index is 825. The summed E-state index contributed by atoms with van der Waals surface area (Å²) >= 11 is 0. The van der Waals surface area contributed by atoms with Crippen molar-refractivity contribution in [3.8, 4) is 0 Å². The van der Waals surface area contributed by atoms with Gasteiger partial charge in [0.25, 0.3) is 0 Å². The molecule has 9 heteroatoms. The topological polar surface area (TPSA) is 150 Å². The van der Waals surface area contributed by atoms with E-state index in [1.807, 2.05) is 37.3 Å². The van der Waals surface area contributed by atoms with Gasteiger partial charge in [-0.25, -0.2) is 9.78 Å². The largest absolute Gasteiger partial charge is 0.480 e. The quantitative estimate of drug-likeness (QED) is 0.363. The monoisotopic (exact) mass is 415 g/mol. The number of hydrogen-bond donors (Lipinski definition) is 5. The van der Waals surface area contributed by atoms with E-state index in [2.05, 4.69) is 20.6 Å². The van der Waals surface area contributed by atoms with Gasteiger partial charge in [0.05, 0.1) is 12.4 Å². The maximum absolute atomic E-state index is 12.9. The first kappa shape index (κ1) is 23.1. The number of carboxylic acid groups (broad SMARTS) is 1. The smallest absolute Gasteiger partial charge is 0.326 e. The van der Waals surface area contributed by atoms with Crippen LogP contribution in [0.2, 0.25) is 0 Å². The summed E-state index contributed by atoms with van der Waals surface area (Å²) < 4.78 is 0. The molecule has 1 aromatic heterocycles. The number of rotatable bonds is 11. The zero-order chi connectivity index (χ0) is 22.1. The maximum Gasteiger partial charge on any atom is 0.326 e. The van der Waals surface area contributed by atoms with Crippen molar-refractivity contribution in [2.45, 2.75) is 51.2 Å². The Morgan fingerprint density at radius 1 is 1.13 bits per heavy atom. The van der Waals surface area contributed by atoms with Gasteiger partial charge in [0.2, 0.25) is 11.8 Å². The Hall–Kier alpha value is -3.20. The zero-order valence-electron chi connectivity index (χ0n) is 17.2. The Morgan fingerprint density at radius 2 is 1.83 bits per heavy atom. The second-order valence-electron chi connectivity index (χ2n) is 7.35. The summed E-state index contributed by atoms with van der Waals surface area (Å²) in [5.41, 5.74) is 7.51. The van der Waals surface area contributed by atoms with E-state index in [9.17, 15) is 19.5 Å². The first-order chi connectivity index (χ1) is 14.3. The fraction of sp³-hybridized carbons (Fsp3) is 0.429. The average Bonchev–Trinajstić information content (AvgIpc) is 3.24. The molecule has 0 saturated heterocycles. The fourth-order valence-electron chi connectivity index (χ4n) is 3.00. The number of nitrogens with two attached hydrogens (primary N) is 1. The molecular weight excluding hydrogens is 386 g/mol. The third-order valence-electron chi connectivity index (χ3n) is 5.02. The molecular formula is C21H29N5O4. The SMILES string of the molecule is CC[C@H](C)[C@H](NC(=O)[C@H](Cc1ccccc1)NC(=O)[C@@H](N)Cc1cnc[nH]1)C(=O)O. The molecule has 162 valence electrons. The molecule has 6 N–H and O–H groups in total. The molecule has 1 aromatic carbocycles. The van der Waals surface area contributed by atoms with Crippen LogP contribution in [0.5, 0.6) is 0 Å². The van der Waals surface area contributed by atoms with Gasteiger partial charge in [-0.3, -0.25) is 9.59 Å². The van der Waals surface area contributed by atoms with Gasteiger partial charge in [0, 0.05) is 24.7 Å². The van der Waals surface area contributed by atoms with Crippen molar-refractivity contribution in [1.82, 2.24) is 20.6 Å². The summed E-state index contributed by atoms with van der Waals surface area (Å²) in [5, 5.41) is 14.7. The number of benzene rings is 1. The molecule has 2 rings (SSSR count). The van der Waals surface area contributed by atoms with Crippen LogP contribution < -0.4 is 16.4 Å². The molecule has 0 bridgehead atoms. The van der Waals surface area contributed by atoms with Crippen LogP contribution in [0.25, 0.3) is 0 Å². The molecule has 0 aliphatic rings. The molecule has 0 spiro atoms. The minimum Gasteiger partial charge on any atom is -0.480 e. The summed E-state index contributed by atoms with van der Waals surface area (Å²) in [6.07, 6.45) is 4.09. The highest BCUT2D eigenvalue weighted by molar-refractivity contribution is 5.92.